The molecule has 0 aliphatic carbocycles. The molecule has 0 saturated carbocycles. The van der Waals surface area contributed by atoms with Crippen LogP contribution in [0.5, 0.6) is 0 Å². The first-order valence-electron chi connectivity index (χ1n) is 6.15. The second kappa shape index (κ2) is 5.98. The summed E-state index contributed by atoms with van der Waals surface area (Å²) in [6.07, 6.45) is 3.45. The van der Waals surface area contributed by atoms with E-state index in [4.69, 9.17) is 17.3 Å². The molecule has 0 saturated heterocycles. The number of halogens is 1. The summed E-state index contributed by atoms with van der Waals surface area (Å²) in [6, 6.07) is 11.7. The molecule has 0 bridgehead atoms. The Bertz CT molecular complexity index is 525. The second-order valence-corrected chi connectivity index (χ2v) is 4.71. The number of hydrogen-bond acceptors (Lipinski definition) is 2. The van der Waals surface area contributed by atoms with Gasteiger partial charge in [0.15, 0.2) is 0 Å². The summed E-state index contributed by atoms with van der Waals surface area (Å²) in [7, 11) is 0. The highest BCUT2D eigenvalue weighted by molar-refractivity contribution is 6.31. The highest BCUT2D eigenvalue weighted by Gasteiger charge is 2.13. The molecular weight excluding hydrogens is 244 g/mol. The highest BCUT2D eigenvalue weighted by Crippen LogP contribution is 2.22. The van der Waals surface area contributed by atoms with Crippen molar-refractivity contribution in [2.24, 2.45) is 5.73 Å². The van der Waals surface area contributed by atoms with Crippen molar-refractivity contribution in [2.45, 2.75) is 25.8 Å². The van der Waals surface area contributed by atoms with Crippen molar-refractivity contribution >= 4 is 11.6 Å². The minimum absolute atomic E-state index is 0.110. The van der Waals surface area contributed by atoms with Crippen LogP contribution < -0.4 is 5.73 Å². The van der Waals surface area contributed by atoms with Crippen molar-refractivity contribution in [1.29, 1.82) is 0 Å². The van der Waals surface area contributed by atoms with E-state index in [-0.39, 0.29) is 6.04 Å². The molecule has 0 fully saturated rings. The van der Waals surface area contributed by atoms with Gasteiger partial charge < -0.3 is 5.73 Å². The number of rotatable bonds is 4. The van der Waals surface area contributed by atoms with Gasteiger partial charge in [0.05, 0.1) is 11.7 Å². The Morgan fingerprint density at radius 2 is 1.89 bits per heavy atom. The van der Waals surface area contributed by atoms with E-state index in [1.165, 1.54) is 5.56 Å². The molecule has 2 nitrogen and oxygen atoms in total. The lowest BCUT2D eigenvalue weighted by atomic mass is 9.99. The lowest BCUT2D eigenvalue weighted by Gasteiger charge is -2.15. The molecule has 2 rings (SSSR count). The lowest BCUT2D eigenvalue weighted by molar-refractivity contribution is 0.685. The molecule has 0 amide bonds. The Morgan fingerprint density at radius 3 is 2.61 bits per heavy atom. The van der Waals surface area contributed by atoms with Gasteiger partial charge in [-0.1, -0.05) is 42.8 Å². The topological polar surface area (TPSA) is 38.9 Å². The van der Waals surface area contributed by atoms with Crippen LogP contribution in [0.15, 0.2) is 42.6 Å². The van der Waals surface area contributed by atoms with Gasteiger partial charge in [-0.2, -0.15) is 0 Å². The zero-order chi connectivity index (χ0) is 13.0. The van der Waals surface area contributed by atoms with E-state index in [0.717, 1.165) is 22.7 Å². The van der Waals surface area contributed by atoms with Gasteiger partial charge in [-0.05, 0) is 36.1 Å². The number of nitrogens with two attached hydrogens (primary N) is 1. The van der Waals surface area contributed by atoms with Crippen molar-refractivity contribution < 1.29 is 0 Å². The van der Waals surface area contributed by atoms with Crippen LogP contribution in [0.2, 0.25) is 5.02 Å². The highest BCUT2D eigenvalue weighted by atomic mass is 35.5. The van der Waals surface area contributed by atoms with E-state index >= 15 is 0 Å². The summed E-state index contributed by atoms with van der Waals surface area (Å²) < 4.78 is 0. The molecule has 1 unspecified atom stereocenters. The fourth-order valence-corrected chi connectivity index (χ4v) is 2.29. The van der Waals surface area contributed by atoms with Gasteiger partial charge in [-0.3, -0.25) is 4.98 Å². The first kappa shape index (κ1) is 13.1. The van der Waals surface area contributed by atoms with Crippen LogP contribution in [0, 0.1) is 0 Å². The predicted molar refractivity (Wildman–Crippen MR) is 75.7 cm³/mol. The number of aryl methyl sites for hydroxylation is 1. The number of hydrogen-bond donors (Lipinski definition) is 1. The largest absolute Gasteiger partial charge is 0.322 e. The molecular formula is C15H17ClN2. The summed E-state index contributed by atoms with van der Waals surface area (Å²) in [5.74, 6) is 0. The molecule has 1 aromatic heterocycles. The van der Waals surface area contributed by atoms with E-state index < -0.39 is 0 Å². The molecule has 1 atom stereocenters. The average Bonchev–Trinajstić information content (AvgIpc) is 2.41. The molecule has 1 aromatic carbocycles. The molecule has 2 aromatic rings. The third-order valence-electron chi connectivity index (χ3n) is 3.06. The van der Waals surface area contributed by atoms with E-state index in [1.54, 1.807) is 6.20 Å². The second-order valence-electron chi connectivity index (χ2n) is 4.30. The first-order valence-corrected chi connectivity index (χ1v) is 6.53. The number of nitrogens with zero attached hydrogens (tertiary/aromatic N) is 1. The lowest BCUT2D eigenvalue weighted by Crippen LogP contribution is -2.17. The van der Waals surface area contributed by atoms with Crippen LogP contribution >= 0.6 is 11.6 Å². The fraction of sp³-hybridized carbons (Fsp3) is 0.267. The summed E-state index contributed by atoms with van der Waals surface area (Å²) >= 11 is 6.15. The Labute approximate surface area is 113 Å². The molecule has 2 N–H and O–H groups in total. The Morgan fingerprint density at radius 1 is 1.17 bits per heavy atom. The summed E-state index contributed by atoms with van der Waals surface area (Å²) in [6.45, 7) is 2.11. The quantitative estimate of drug-likeness (QED) is 0.913. The fourth-order valence-electron chi connectivity index (χ4n) is 2.08. The van der Waals surface area contributed by atoms with Crippen molar-refractivity contribution in [2.75, 3.05) is 0 Å². The van der Waals surface area contributed by atoms with Crippen LogP contribution in [0.1, 0.15) is 29.8 Å². The summed E-state index contributed by atoms with van der Waals surface area (Å²) in [5, 5.41) is 0.766. The normalized spacial score (nSPS) is 12.4. The van der Waals surface area contributed by atoms with E-state index in [2.05, 4.69) is 18.0 Å². The smallest absolute Gasteiger partial charge is 0.0606 e. The maximum atomic E-state index is 6.25. The molecule has 0 radical (unpaired) electrons. The Hall–Kier alpha value is -1.38. The molecule has 0 aliphatic rings. The van der Waals surface area contributed by atoms with Gasteiger partial charge in [0.2, 0.25) is 0 Å². The molecule has 0 aliphatic heterocycles. The molecule has 0 spiro atoms. The van der Waals surface area contributed by atoms with Crippen LogP contribution in [0.25, 0.3) is 0 Å². The summed E-state index contributed by atoms with van der Waals surface area (Å²) in [4.78, 5) is 4.41. The molecule has 18 heavy (non-hydrogen) atoms. The maximum Gasteiger partial charge on any atom is 0.0606 e. The van der Waals surface area contributed by atoms with Crippen LogP contribution in [0.4, 0.5) is 0 Å². The van der Waals surface area contributed by atoms with Gasteiger partial charge in [0.25, 0.3) is 0 Å². The van der Waals surface area contributed by atoms with Crippen molar-refractivity contribution in [3.8, 4) is 0 Å². The Kier molecular flexibility index (Phi) is 4.34. The third kappa shape index (κ3) is 2.89. The predicted octanol–water partition coefficient (Wildman–Crippen LogP) is 3.54. The zero-order valence-corrected chi connectivity index (χ0v) is 11.2. The first-order chi connectivity index (χ1) is 8.72. The van der Waals surface area contributed by atoms with Gasteiger partial charge in [-0.15, -0.1) is 0 Å². The number of aromatic nitrogens is 1. The van der Waals surface area contributed by atoms with Crippen LogP contribution in [0.3, 0.4) is 0 Å². The zero-order valence-electron chi connectivity index (χ0n) is 10.4. The van der Waals surface area contributed by atoms with Crippen molar-refractivity contribution in [3.05, 3.63) is 64.4 Å². The van der Waals surface area contributed by atoms with Crippen LogP contribution in [-0.4, -0.2) is 4.98 Å². The Balaban J connectivity index is 2.22. The van der Waals surface area contributed by atoms with Crippen molar-refractivity contribution in [3.63, 3.8) is 0 Å². The van der Waals surface area contributed by atoms with E-state index in [1.807, 2.05) is 30.3 Å². The summed E-state index contributed by atoms with van der Waals surface area (Å²) in [5.41, 5.74) is 9.50. The third-order valence-corrected chi connectivity index (χ3v) is 3.42. The number of benzene rings is 1. The standard InChI is InChI=1S/C15H17ClN2/c1-2-11-7-5-9-18-15(11)14(17)10-12-6-3-4-8-13(12)16/h3-9,14H,2,10,17H2,1H3. The SMILES string of the molecule is CCc1cccnc1C(N)Cc1ccccc1Cl. The number of pyridine rings is 1. The molecule has 3 heteroatoms. The average molecular weight is 261 g/mol. The molecule has 1 heterocycles. The van der Waals surface area contributed by atoms with Crippen molar-refractivity contribution in [1.82, 2.24) is 4.98 Å². The minimum atomic E-state index is -0.110. The van der Waals surface area contributed by atoms with E-state index in [0.29, 0.717) is 6.42 Å². The van der Waals surface area contributed by atoms with E-state index in [9.17, 15) is 0 Å². The van der Waals surface area contributed by atoms with Gasteiger partial charge in [-0.25, -0.2) is 0 Å². The monoisotopic (exact) mass is 260 g/mol. The van der Waals surface area contributed by atoms with Gasteiger partial charge >= 0.3 is 0 Å². The minimum Gasteiger partial charge on any atom is -0.322 e. The maximum absolute atomic E-state index is 6.25. The van der Waals surface area contributed by atoms with Gasteiger partial charge in [0.1, 0.15) is 0 Å². The molecule has 94 valence electrons. The van der Waals surface area contributed by atoms with Gasteiger partial charge in [0, 0.05) is 11.2 Å². The van der Waals surface area contributed by atoms with Crippen LogP contribution in [-0.2, 0) is 12.8 Å².